The minimum absolute atomic E-state index is 0.105. The van der Waals surface area contributed by atoms with E-state index < -0.39 is 0 Å². The number of halogens is 1. The van der Waals surface area contributed by atoms with E-state index in [1.54, 1.807) is 19.1 Å². The largest absolute Gasteiger partial charge is 0.445 e. The molecule has 0 aliphatic heterocycles. The van der Waals surface area contributed by atoms with Crippen molar-refractivity contribution in [3.63, 3.8) is 0 Å². The highest BCUT2D eigenvalue weighted by molar-refractivity contribution is 5.78. The number of hydrogen-bond donors (Lipinski definition) is 1. The molecule has 4 nitrogen and oxygen atoms in total. The van der Waals surface area contributed by atoms with E-state index in [2.05, 4.69) is 10.3 Å². The van der Waals surface area contributed by atoms with Crippen molar-refractivity contribution in [2.24, 2.45) is 0 Å². The van der Waals surface area contributed by atoms with Crippen LogP contribution >= 0.6 is 0 Å². The van der Waals surface area contributed by atoms with Crippen LogP contribution in [0.25, 0.3) is 0 Å². The molecule has 1 heterocycles. The van der Waals surface area contributed by atoms with Crippen LogP contribution in [0.5, 0.6) is 0 Å². The summed E-state index contributed by atoms with van der Waals surface area (Å²) >= 11 is 0. The van der Waals surface area contributed by atoms with Gasteiger partial charge in [-0.3, -0.25) is 4.79 Å². The fourth-order valence-electron chi connectivity index (χ4n) is 1.94. The molecule has 0 bridgehead atoms. The molecule has 20 heavy (non-hydrogen) atoms. The number of amides is 1. The molecule has 0 aliphatic carbocycles. The molecule has 1 amide bonds. The molecule has 0 radical (unpaired) electrons. The predicted octanol–water partition coefficient (Wildman–Crippen LogP) is 2.33. The van der Waals surface area contributed by atoms with Crippen LogP contribution in [0.1, 0.15) is 22.9 Å². The van der Waals surface area contributed by atoms with Crippen LogP contribution in [0.15, 0.2) is 28.7 Å². The number of aromatic nitrogens is 1. The van der Waals surface area contributed by atoms with Crippen LogP contribution in [0.3, 0.4) is 0 Å². The molecule has 1 aromatic heterocycles. The Balaban J connectivity index is 1.78. The summed E-state index contributed by atoms with van der Waals surface area (Å²) in [5.41, 5.74) is 1.73. The Kier molecular flexibility index (Phi) is 4.50. The fourth-order valence-corrected chi connectivity index (χ4v) is 1.94. The normalized spacial score (nSPS) is 10.6. The summed E-state index contributed by atoms with van der Waals surface area (Å²) in [6, 6.07) is 6.26. The molecular formula is C15H17FN2O2. The Morgan fingerprint density at radius 2 is 2.00 bits per heavy atom. The predicted molar refractivity (Wildman–Crippen MR) is 72.8 cm³/mol. The van der Waals surface area contributed by atoms with Crippen molar-refractivity contribution in [1.29, 1.82) is 0 Å². The number of hydrogen-bond acceptors (Lipinski definition) is 3. The topological polar surface area (TPSA) is 55.1 Å². The molecule has 106 valence electrons. The van der Waals surface area contributed by atoms with E-state index in [4.69, 9.17) is 4.42 Å². The Labute approximate surface area is 117 Å². The molecule has 5 heteroatoms. The second-order valence-corrected chi connectivity index (χ2v) is 4.64. The Morgan fingerprint density at radius 3 is 2.60 bits per heavy atom. The summed E-state index contributed by atoms with van der Waals surface area (Å²) in [7, 11) is 0. The highest BCUT2D eigenvalue weighted by Crippen LogP contribution is 2.09. The Morgan fingerprint density at radius 1 is 1.30 bits per heavy atom. The molecule has 1 aromatic carbocycles. The highest BCUT2D eigenvalue weighted by Gasteiger charge is 2.11. The van der Waals surface area contributed by atoms with Gasteiger partial charge in [-0.25, -0.2) is 9.37 Å². The molecule has 1 N–H and O–H groups in total. The minimum Gasteiger partial charge on any atom is -0.445 e. The summed E-state index contributed by atoms with van der Waals surface area (Å²) in [6.07, 6.45) is 0.858. The lowest BCUT2D eigenvalue weighted by atomic mass is 10.1. The lowest BCUT2D eigenvalue weighted by Gasteiger charge is -2.04. The number of oxazole rings is 1. The molecule has 0 saturated heterocycles. The van der Waals surface area contributed by atoms with Crippen molar-refractivity contribution < 1.29 is 13.6 Å². The maximum atomic E-state index is 12.7. The van der Waals surface area contributed by atoms with Gasteiger partial charge in [-0.2, -0.15) is 0 Å². The molecule has 0 fully saturated rings. The average molecular weight is 276 g/mol. The van der Waals surface area contributed by atoms with Crippen molar-refractivity contribution in [2.75, 3.05) is 6.54 Å². The standard InChI is InChI=1S/C15H17FN2O2/c1-10-14(20-11(2)18-10)9-15(19)17-8-7-12-3-5-13(16)6-4-12/h3-6H,7-9H2,1-2H3,(H,17,19). The third-order valence-electron chi connectivity index (χ3n) is 2.97. The number of benzene rings is 1. The van der Waals surface area contributed by atoms with Gasteiger partial charge in [-0.1, -0.05) is 12.1 Å². The summed E-state index contributed by atoms with van der Waals surface area (Å²) in [5.74, 6) is 0.804. The molecule has 2 rings (SSSR count). The van der Waals surface area contributed by atoms with Gasteiger partial charge in [0.15, 0.2) is 5.89 Å². The van der Waals surface area contributed by atoms with Gasteiger partial charge in [0, 0.05) is 13.5 Å². The number of carbonyl (C=O) groups is 1. The number of nitrogens with zero attached hydrogens (tertiary/aromatic N) is 1. The second-order valence-electron chi connectivity index (χ2n) is 4.64. The number of rotatable bonds is 5. The molecule has 0 spiro atoms. The number of carbonyl (C=O) groups excluding carboxylic acids is 1. The van der Waals surface area contributed by atoms with Gasteiger partial charge in [0.1, 0.15) is 11.6 Å². The first-order chi connectivity index (χ1) is 9.54. The van der Waals surface area contributed by atoms with Crippen LogP contribution < -0.4 is 5.32 Å². The first-order valence-electron chi connectivity index (χ1n) is 6.48. The lowest BCUT2D eigenvalue weighted by molar-refractivity contribution is -0.120. The molecule has 0 atom stereocenters. The summed E-state index contributed by atoms with van der Waals surface area (Å²) < 4.78 is 18.1. The van der Waals surface area contributed by atoms with E-state index in [0.29, 0.717) is 24.6 Å². The average Bonchev–Trinajstić information content (AvgIpc) is 2.70. The summed E-state index contributed by atoms with van der Waals surface area (Å²) in [5, 5.41) is 2.81. The Hall–Kier alpha value is -2.17. The zero-order chi connectivity index (χ0) is 14.5. The lowest BCUT2D eigenvalue weighted by Crippen LogP contribution is -2.27. The van der Waals surface area contributed by atoms with Crippen molar-refractivity contribution in [3.8, 4) is 0 Å². The number of aryl methyl sites for hydroxylation is 2. The Bertz CT molecular complexity index is 590. The van der Waals surface area contributed by atoms with E-state index >= 15 is 0 Å². The van der Waals surface area contributed by atoms with Crippen LogP contribution in [0.4, 0.5) is 4.39 Å². The van der Waals surface area contributed by atoms with E-state index in [9.17, 15) is 9.18 Å². The molecule has 0 saturated carbocycles. The van der Waals surface area contributed by atoms with Gasteiger partial charge in [0.25, 0.3) is 0 Å². The first-order valence-corrected chi connectivity index (χ1v) is 6.48. The molecule has 0 aliphatic rings. The van der Waals surface area contributed by atoms with Gasteiger partial charge >= 0.3 is 0 Å². The molecule has 0 unspecified atom stereocenters. The van der Waals surface area contributed by atoms with E-state index in [0.717, 1.165) is 11.3 Å². The monoisotopic (exact) mass is 276 g/mol. The molecule has 2 aromatic rings. The second kappa shape index (κ2) is 6.32. The summed E-state index contributed by atoms with van der Waals surface area (Å²) in [4.78, 5) is 15.9. The van der Waals surface area contributed by atoms with Crippen LogP contribution in [-0.2, 0) is 17.6 Å². The van der Waals surface area contributed by atoms with Crippen LogP contribution in [0, 0.1) is 19.7 Å². The van der Waals surface area contributed by atoms with Gasteiger partial charge in [0.05, 0.1) is 12.1 Å². The third-order valence-corrected chi connectivity index (χ3v) is 2.97. The van der Waals surface area contributed by atoms with Crippen molar-refractivity contribution in [3.05, 3.63) is 53.0 Å². The van der Waals surface area contributed by atoms with Crippen molar-refractivity contribution in [1.82, 2.24) is 10.3 Å². The van der Waals surface area contributed by atoms with Crippen LogP contribution in [0.2, 0.25) is 0 Å². The smallest absolute Gasteiger partial charge is 0.227 e. The summed E-state index contributed by atoms with van der Waals surface area (Å²) in [6.45, 7) is 4.08. The highest BCUT2D eigenvalue weighted by atomic mass is 19.1. The zero-order valence-corrected chi connectivity index (χ0v) is 11.6. The molecular weight excluding hydrogens is 259 g/mol. The fraction of sp³-hybridized carbons (Fsp3) is 0.333. The van der Waals surface area contributed by atoms with E-state index in [-0.39, 0.29) is 18.1 Å². The van der Waals surface area contributed by atoms with Crippen molar-refractivity contribution >= 4 is 5.91 Å². The van der Waals surface area contributed by atoms with Gasteiger partial charge in [-0.05, 0) is 31.0 Å². The van der Waals surface area contributed by atoms with Gasteiger partial charge < -0.3 is 9.73 Å². The zero-order valence-electron chi connectivity index (χ0n) is 11.6. The maximum absolute atomic E-state index is 12.7. The van der Waals surface area contributed by atoms with Gasteiger partial charge in [-0.15, -0.1) is 0 Å². The third kappa shape index (κ3) is 3.91. The van der Waals surface area contributed by atoms with Crippen LogP contribution in [-0.4, -0.2) is 17.4 Å². The quantitative estimate of drug-likeness (QED) is 0.912. The van der Waals surface area contributed by atoms with E-state index in [1.807, 2.05) is 6.92 Å². The van der Waals surface area contributed by atoms with Crippen molar-refractivity contribution in [2.45, 2.75) is 26.7 Å². The minimum atomic E-state index is -0.256. The maximum Gasteiger partial charge on any atom is 0.227 e. The SMILES string of the molecule is Cc1nc(C)c(CC(=O)NCCc2ccc(F)cc2)o1. The number of nitrogens with one attached hydrogen (secondary N) is 1. The van der Waals surface area contributed by atoms with Gasteiger partial charge in [0.2, 0.25) is 5.91 Å². The van der Waals surface area contributed by atoms with E-state index in [1.165, 1.54) is 12.1 Å². The first kappa shape index (κ1) is 14.2.